The SMILES string of the molecule is C=C(C)C1(O)CCCC(C(F)(F)F)C1. The molecule has 1 fully saturated rings. The quantitative estimate of drug-likeness (QED) is 0.656. The fourth-order valence-electron chi connectivity index (χ4n) is 1.92. The molecule has 0 aliphatic heterocycles. The Kier molecular flexibility index (Phi) is 2.95. The highest BCUT2D eigenvalue weighted by Crippen LogP contribution is 2.43. The molecular weight excluding hydrogens is 193 g/mol. The molecule has 0 amide bonds. The Hall–Kier alpha value is -0.510. The topological polar surface area (TPSA) is 20.2 Å². The maximum absolute atomic E-state index is 12.4. The summed E-state index contributed by atoms with van der Waals surface area (Å²) >= 11 is 0. The van der Waals surface area contributed by atoms with E-state index in [-0.39, 0.29) is 12.8 Å². The molecule has 2 unspecified atom stereocenters. The van der Waals surface area contributed by atoms with Gasteiger partial charge in [-0.2, -0.15) is 13.2 Å². The van der Waals surface area contributed by atoms with Gasteiger partial charge in [0.2, 0.25) is 0 Å². The zero-order valence-corrected chi connectivity index (χ0v) is 8.19. The molecule has 14 heavy (non-hydrogen) atoms. The summed E-state index contributed by atoms with van der Waals surface area (Å²) < 4.78 is 37.2. The number of halogens is 3. The molecule has 1 rings (SSSR count). The monoisotopic (exact) mass is 208 g/mol. The minimum atomic E-state index is -4.19. The summed E-state index contributed by atoms with van der Waals surface area (Å²) in [5.41, 5.74) is -0.871. The summed E-state index contributed by atoms with van der Waals surface area (Å²) in [7, 11) is 0. The Morgan fingerprint density at radius 1 is 1.50 bits per heavy atom. The summed E-state index contributed by atoms with van der Waals surface area (Å²) in [5, 5.41) is 9.88. The first kappa shape index (κ1) is 11.6. The van der Waals surface area contributed by atoms with Crippen molar-refractivity contribution in [2.45, 2.75) is 44.4 Å². The maximum Gasteiger partial charge on any atom is 0.391 e. The Morgan fingerprint density at radius 2 is 2.07 bits per heavy atom. The van der Waals surface area contributed by atoms with Gasteiger partial charge in [-0.3, -0.25) is 0 Å². The number of hydrogen-bond donors (Lipinski definition) is 1. The highest BCUT2D eigenvalue weighted by molar-refractivity contribution is 5.11. The van der Waals surface area contributed by atoms with E-state index >= 15 is 0 Å². The number of aliphatic hydroxyl groups is 1. The molecule has 0 aromatic rings. The lowest BCUT2D eigenvalue weighted by molar-refractivity contribution is -0.196. The molecular formula is C10H15F3O. The van der Waals surface area contributed by atoms with Crippen LogP contribution in [0.25, 0.3) is 0 Å². The summed E-state index contributed by atoms with van der Waals surface area (Å²) in [6.07, 6.45) is -3.49. The minimum Gasteiger partial charge on any atom is -0.386 e. The Morgan fingerprint density at radius 3 is 2.50 bits per heavy atom. The van der Waals surface area contributed by atoms with Gasteiger partial charge in [-0.1, -0.05) is 6.58 Å². The molecule has 4 heteroatoms. The van der Waals surface area contributed by atoms with E-state index < -0.39 is 17.7 Å². The van der Waals surface area contributed by atoms with Crippen molar-refractivity contribution in [1.82, 2.24) is 0 Å². The van der Waals surface area contributed by atoms with E-state index in [2.05, 4.69) is 6.58 Å². The maximum atomic E-state index is 12.4. The molecule has 82 valence electrons. The van der Waals surface area contributed by atoms with Crippen molar-refractivity contribution in [3.8, 4) is 0 Å². The molecule has 0 radical (unpaired) electrons. The predicted octanol–water partition coefficient (Wildman–Crippen LogP) is 3.05. The first-order chi connectivity index (χ1) is 6.26. The van der Waals surface area contributed by atoms with Gasteiger partial charge in [0, 0.05) is 0 Å². The normalized spacial score (nSPS) is 34.2. The second-order valence-electron chi connectivity index (χ2n) is 4.15. The second-order valence-corrected chi connectivity index (χ2v) is 4.15. The first-order valence-electron chi connectivity index (χ1n) is 4.71. The Bertz CT molecular complexity index is 234. The second kappa shape index (κ2) is 3.57. The van der Waals surface area contributed by atoms with Crippen LogP contribution in [0, 0.1) is 5.92 Å². The van der Waals surface area contributed by atoms with Crippen LogP contribution >= 0.6 is 0 Å². The van der Waals surface area contributed by atoms with Crippen LogP contribution in [0.1, 0.15) is 32.6 Å². The van der Waals surface area contributed by atoms with Crippen LogP contribution in [0.4, 0.5) is 13.2 Å². The van der Waals surface area contributed by atoms with E-state index in [1.807, 2.05) is 0 Å². The summed E-state index contributed by atoms with van der Waals surface area (Å²) in [5.74, 6) is -1.38. The third kappa shape index (κ3) is 2.29. The highest BCUT2D eigenvalue weighted by Gasteiger charge is 2.47. The van der Waals surface area contributed by atoms with Gasteiger partial charge >= 0.3 is 6.18 Å². The van der Waals surface area contributed by atoms with E-state index in [1.165, 1.54) is 0 Å². The van der Waals surface area contributed by atoms with Crippen molar-refractivity contribution >= 4 is 0 Å². The van der Waals surface area contributed by atoms with Gasteiger partial charge in [0.25, 0.3) is 0 Å². The molecule has 1 N–H and O–H groups in total. The van der Waals surface area contributed by atoms with Crippen molar-refractivity contribution < 1.29 is 18.3 Å². The van der Waals surface area contributed by atoms with E-state index in [0.717, 1.165) is 0 Å². The van der Waals surface area contributed by atoms with Gasteiger partial charge < -0.3 is 5.11 Å². The average molecular weight is 208 g/mol. The zero-order chi connectivity index (χ0) is 11.0. The molecule has 0 aromatic heterocycles. The van der Waals surface area contributed by atoms with E-state index in [9.17, 15) is 18.3 Å². The van der Waals surface area contributed by atoms with E-state index in [1.54, 1.807) is 6.92 Å². The smallest absolute Gasteiger partial charge is 0.386 e. The molecule has 0 heterocycles. The summed E-state index contributed by atoms with van der Waals surface area (Å²) in [6, 6.07) is 0. The predicted molar refractivity (Wildman–Crippen MR) is 47.8 cm³/mol. The van der Waals surface area contributed by atoms with Crippen molar-refractivity contribution in [3.63, 3.8) is 0 Å². The van der Waals surface area contributed by atoms with Crippen molar-refractivity contribution in [2.75, 3.05) is 0 Å². The van der Waals surface area contributed by atoms with E-state index in [4.69, 9.17) is 0 Å². The van der Waals surface area contributed by atoms with Crippen LogP contribution in [0.15, 0.2) is 12.2 Å². The Labute approximate surface area is 81.6 Å². The van der Waals surface area contributed by atoms with Crippen molar-refractivity contribution in [2.24, 2.45) is 5.92 Å². The third-order valence-electron chi connectivity index (χ3n) is 2.98. The molecule has 0 saturated heterocycles. The number of hydrogen-bond acceptors (Lipinski definition) is 1. The minimum absolute atomic E-state index is 0.124. The van der Waals surface area contributed by atoms with Crippen molar-refractivity contribution in [3.05, 3.63) is 12.2 Å². The number of alkyl halides is 3. The lowest BCUT2D eigenvalue weighted by atomic mass is 9.74. The summed E-state index contributed by atoms with van der Waals surface area (Å²) in [6.45, 7) is 5.13. The van der Waals surface area contributed by atoms with Crippen LogP contribution in [0.3, 0.4) is 0 Å². The largest absolute Gasteiger partial charge is 0.391 e. The van der Waals surface area contributed by atoms with Crippen LogP contribution in [0.5, 0.6) is 0 Å². The van der Waals surface area contributed by atoms with Crippen LogP contribution in [-0.2, 0) is 0 Å². The van der Waals surface area contributed by atoms with E-state index in [0.29, 0.717) is 18.4 Å². The molecule has 2 atom stereocenters. The molecule has 0 aromatic carbocycles. The fraction of sp³-hybridized carbons (Fsp3) is 0.800. The van der Waals surface area contributed by atoms with Crippen LogP contribution in [0.2, 0.25) is 0 Å². The van der Waals surface area contributed by atoms with Gasteiger partial charge in [0.15, 0.2) is 0 Å². The molecule has 0 spiro atoms. The number of rotatable bonds is 1. The van der Waals surface area contributed by atoms with Gasteiger partial charge in [-0.25, -0.2) is 0 Å². The van der Waals surface area contributed by atoms with Crippen LogP contribution < -0.4 is 0 Å². The highest BCUT2D eigenvalue weighted by atomic mass is 19.4. The lowest BCUT2D eigenvalue weighted by Gasteiger charge is -2.38. The van der Waals surface area contributed by atoms with Crippen molar-refractivity contribution in [1.29, 1.82) is 0 Å². The standard InChI is InChI=1S/C10H15F3O/c1-7(2)9(14)5-3-4-8(6-9)10(11,12)13/h8,14H,1,3-6H2,2H3. The van der Waals surface area contributed by atoms with Gasteiger partial charge in [-0.05, 0) is 38.2 Å². The molecule has 1 aliphatic carbocycles. The lowest BCUT2D eigenvalue weighted by Crippen LogP contribution is -2.40. The summed E-state index contributed by atoms with van der Waals surface area (Å²) in [4.78, 5) is 0. The Balaban J connectivity index is 2.74. The molecule has 1 saturated carbocycles. The average Bonchev–Trinajstić information content (AvgIpc) is 2.02. The molecule has 1 nitrogen and oxygen atoms in total. The van der Waals surface area contributed by atoms with Gasteiger partial charge in [0.05, 0.1) is 11.5 Å². The van der Waals surface area contributed by atoms with Gasteiger partial charge in [0.1, 0.15) is 0 Å². The van der Waals surface area contributed by atoms with Gasteiger partial charge in [-0.15, -0.1) is 0 Å². The molecule has 0 bridgehead atoms. The zero-order valence-electron chi connectivity index (χ0n) is 8.19. The molecule has 1 aliphatic rings. The first-order valence-corrected chi connectivity index (χ1v) is 4.71. The third-order valence-corrected chi connectivity index (χ3v) is 2.98. The fourth-order valence-corrected chi connectivity index (χ4v) is 1.92. The van der Waals surface area contributed by atoms with Crippen LogP contribution in [-0.4, -0.2) is 16.9 Å².